The van der Waals surface area contributed by atoms with E-state index < -0.39 is 10.0 Å². The van der Waals surface area contributed by atoms with Crippen LogP contribution in [0.25, 0.3) is 10.8 Å². The molecule has 1 fully saturated rings. The molecule has 0 spiro atoms. The molecule has 1 aliphatic heterocycles. The highest BCUT2D eigenvalue weighted by molar-refractivity contribution is 7.89. The molecular formula is C20H22N2O3S. The Labute approximate surface area is 153 Å². The van der Waals surface area contributed by atoms with Gasteiger partial charge < -0.3 is 4.42 Å². The van der Waals surface area contributed by atoms with Gasteiger partial charge in [-0.3, -0.25) is 4.90 Å². The fourth-order valence-electron chi connectivity index (χ4n) is 3.55. The molecule has 1 saturated heterocycles. The molecule has 4 rings (SSSR count). The molecule has 6 heteroatoms. The fourth-order valence-corrected chi connectivity index (χ4v) is 4.62. The fraction of sp³-hybridized carbons (Fsp3) is 0.300. The standard InChI is InChI=1S/C20H22N2O3S/c23-26(24,18-10-9-16-6-1-2-7-17(16)14-18)21-15-19(20-8-5-13-25-20)22-11-3-4-12-22/h1-2,5-10,13-14,19,21H,3-4,11-12,15H2. The van der Waals surface area contributed by atoms with Crippen LogP contribution in [0.2, 0.25) is 0 Å². The zero-order valence-electron chi connectivity index (χ0n) is 14.5. The van der Waals surface area contributed by atoms with Crippen molar-refractivity contribution >= 4 is 20.8 Å². The lowest BCUT2D eigenvalue weighted by Gasteiger charge is -2.26. The third-order valence-corrected chi connectivity index (χ3v) is 6.37. The van der Waals surface area contributed by atoms with E-state index in [0.717, 1.165) is 42.5 Å². The minimum absolute atomic E-state index is 0.0808. The smallest absolute Gasteiger partial charge is 0.240 e. The van der Waals surface area contributed by atoms with E-state index in [1.807, 2.05) is 42.5 Å². The van der Waals surface area contributed by atoms with Crippen LogP contribution < -0.4 is 4.72 Å². The van der Waals surface area contributed by atoms with Gasteiger partial charge >= 0.3 is 0 Å². The first-order valence-corrected chi connectivity index (χ1v) is 10.4. The van der Waals surface area contributed by atoms with Crippen LogP contribution >= 0.6 is 0 Å². The quantitative estimate of drug-likeness (QED) is 0.721. The minimum atomic E-state index is -3.59. The van der Waals surface area contributed by atoms with Gasteiger partial charge in [0.05, 0.1) is 17.2 Å². The highest BCUT2D eigenvalue weighted by Crippen LogP contribution is 2.26. The van der Waals surface area contributed by atoms with E-state index in [2.05, 4.69) is 9.62 Å². The Hall–Kier alpha value is -2.15. The Bertz CT molecular complexity index is 977. The molecular weight excluding hydrogens is 348 g/mol. The van der Waals surface area contributed by atoms with Crippen LogP contribution in [0.5, 0.6) is 0 Å². The van der Waals surface area contributed by atoms with E-state index in [1.54, 1.807) is 18.4 Å². The average molecular weight is 370 g/mol. The zero-order valence-corrected chi connectivity index (χ0v) is 15.3. The predicted molar refractivity (Wildman–Crippen MR) is 101 cm³/mol. The van der Waals surface area contributed by atoms with Gasteiger partial charge in [0.1, 0.15) is 5.76 Å². The molecule has 5 nitrogen and oxygen atoms in total. The van der Waals surface area contributed by atoms with Gasteiger partial charge in [-0.25, -0.2) is 13.1 Å². The molecule has 0 saturated carbocycles. The first kappa shape index (κ1) is 17.3. The van der Waals surface area contributed by atoms with Crippen molar-refractivity contribution in [3.8, 4) is 0 Å². The van der Waals surface area contributed by atoms with Gasteiger partial charge in [-0.15, -0.1) is 0 Å². The molecule has 1 aromatic heterocycles. The average Bonchev–Trinajstić information content (AvgIpc) is 3.36. The number of likely N-dealkylation sites (tertiary alicyclic amines) is 1. The maximum atomic E-state index is 12.8. The van der Waals surface area contributed by atoms with Crippen LogP contribution in [0.15, 0.2) is 70.2 Å². The third-order valence-electron chi connectivity index (χ3n) is 4.95. The van der Waals surface area contributed by atoms with Crippen LogP contribution in [0.1, 0.15) is 24.6 Å². The van der Waals surface area contributed by atoms with Crippen molar-refractivity contribution in [3.63, 3.8) is 0 Å². The lowest BCUT2D eigenvalue weighted by molar-refractivity contribution is 0.216. The van der Waals surface area contributed by atoms with E-state index in [1.165, 1.54) is 0 Å². The third kappa shape index (κ3) is 3.53. The second-order valence-electron chi connectivity index (χ2n) is 6.64. The van der Waals surface area contributed by atoms with Crippen molar-refractivity contribution < 1.29 is 12.8 Å². The van der Waals surface area contributed by atoms with E-state index in [9.17, 15) is 8.42 Å². The molecule has 0 bridgehead atoms. The predicted octanol–water partition coefficient (Wildman–Crippen LogP) is 3.55. The summed E-state index contributed by atoms with van der Waals surface area (Å²) in [6.07, 6.45) is 3.90. The number of sulfonamides is 1. The SMILES string of the molecule is O=S(=O)(NCC(c1ccco1)N1CCCC1)c1ccc2ccccc2c1. The van der Waals surface area contributed by atoms with Crippen LogP contribution in [0.4, 0.5) is 0 Å². The zero-order chi connectivity index (χ0) is 18.0. The molecule has 2 heterocycles. The summed E-state index contributed by atoms with van der Waals surface area (Å²) in [5.41, 5.74) is 0. The second kappa shape index (κ2) is 7.23. The summed E-state index contributed by atoms with van der Waals surface area (Å²) in [7, 11) is -3.59. The highest BCUT2D eigenvalue weighted by atomic mass is 32.2. The van der Waals surface area contributed by atoms with Gasteiger partial charge in [0.2, 0.25) is 10.0 Å². The number of hydrogen-bond donors (Lipinski definition) is 1. The van der Waals surface area contributed by atoms with Gasteiger partial charge in [0.15, 0.2) is 0 Å². The van der Waals surface area contributed by atoms with Crippen molar-refractivity contribution in [3.05, 3.63) is 66.6 Å². The van der Waals surface area contributed by atoms with Crippen LogP contribution in [-0.2, 0) is 10.0 Å². The topological polar surface area (TPSA) is 62.6 Å². The molecule has 3 aromatic rings. The van der Waals surface area contributed by atoms with Crippen LogP contribution in [-0.4, -0.2) is 33.0 Å². The molecule has 1 aliphatic rings. The van der Waals surface area contributed by atoms with E-state index in [-0.39, 0.29) is 10.9 Å². The van der Waals surface area contributed by atoms with Crippen molar-refractivity contribution in [1.29, 1.82) is 0 Å². The van der Waals surface area contributed by atoms with E-state index >= 15 is 0 Å². The number of nitrogens with zero attached hydrogens (tertiary/aromatic N) is 1. The van der Waals surface area contributed by atoms with E-state index in [4.69, 9.17) is 4.42 Å². The maximum absolute atomic E-state index is 12.8. The number of rotatable bonds is 6. The number of benzene rings is 2. The Morgan fingerprint density at radius 3 is 2.50 bits per heavy atom. The molecule has 26 heavy (non-hydrogen) atoms. The van der Waals surface area contributed by atoms with Gasteiger partial charge in [-0.2, -0.15) is 0 Å². The van der Waals surface area contributed by atoms with Gasteiger partial charge in [-0.05, 0) is 61.0 Å². The molecule has 136 valence electrons. The summed E-state index contributed by atoms with van der Waals surface area (Å²) in [5, 5.41) is 1.94. The summed E-state index contributed by atoms with van der Waals surface area (Å²) in [6, 6.07) is 16.6. The maximum Gasteiger partial charge on any atom is 0.240 e. The van der Waals surface area contributed by atoms with Crippen LogP contribution in [0, 0.1) is 0 Å². The number of furan rings is 1. The molecule has 0 radical (unpaired) electrons. The monoisotopic (exact) mass is 370 g/mol. The van der Waals surface area contributed by atoms with Gasteiger partial charge in [0.25, 0.3) is 0 Å². The highest BCUT2D eigenvalue weighted by Gasteiger charge is 2.27. The number of fused-ring (bicyclic) bond motifs is 1. The van der Waals surface area contributed by atoms with Crippen molar-refractivity contribution in [2.75, 3.05) is 19.6 Å². The minimum Gasteiger partial charge on any atom is -0.468 e. The summed E-state index contributed by atoms with van der Waals surface area (Å²) < 4.78 is 33.9. The summed E-state index contributed by atoms with van der Waals surface area (Å²) in [6.45, 7) is 2.22. The number of nitrogens with one attached hydrogen (secondary N) is 1. The molecule has 1 N–H and O–H groups in total. The lowest BCUT2D eigenvalue weighted by Crippen LogP contribution is -2.36. The Kier molecular flexibility index (Phi) is 4.80. The Balaban J connectivity index is 1.55. The lowest BCUT2D eigenvalue weighted by atomic mass is 10.1. The summed E-state index contributed by atoms with van der Waals surface area (Å²) in [4.78, 5) is 2.57. The molecule has 0 aliphatic carbocycles. The first-order chi connectivity index (χ1) is 12.6. The first-order valence-electron chi connectivity index (χ1n) is 8.89. The molecule has 0 amide bonds. The van der Waals surface area contributed by atoms with Crippen LogP contribution in [0.3, 0.4) is 0 Å². The Morgan fingerprint density at radius 1 is 1.00 bits per heavy atom. The molecule has 2 aromatic carbocycles. The molecule has 1 unspecified atom stereocenters. The number of hydrogen-bond acceptors (Lipinski definition) is 4. The second-order valence-corrected chi connectivity index (χ2v) is 8.40. The molecule has 1 atom stereocenters. The Morgan fingerprint density at radius 2 is 1.77 bits per heavy atom. The van der Waals surface area contributed by atoms with Crippen molar-refractivity contribution in [2.45, 2.75) is 23.8 Å². The summed E-state index contributed by atoms with van der Waals surface area (Å²) in [5.74, 6) is 0.799. The van der Waals surface area contributed by atoms with Crippen molar-refractivity contribution in [2.24, 2.45) is 0 Å². The van der Waals surface area contributed by atoms with Gasteiger partial charge in [0, 0.05) is 6.54 Å². The van der Waals surface area contributed by atoms with Crippen molar-refractivity contribution in [1.82, 2.24) is 9.62 Å². The largest absolute Gasteiger partial charge is 0.468 e. The summed E-state index contributed by atoms with van der Waals surface area (Å²) >= 11 is 0. The normalized spacial score (nSPS) is 16.9. The van der Waals surface area contributed by atoms with E-state index in [0.29, 0.717) is 6.54 Å². The van der Waals surface area contributed by atoms with Gasteiger partial charge in [-0.1, -0.05) is 30.3 Å².